The summed E-state index contributed by atoms with van der Waals surface area (Å²) in [6, 6.07) is 6.13. The first-order valence-electron chi connectivity index (χ1n) is 5.27. The molecule has 0 spiro atoms. The lowest BCUT2D eigenvalue weighted by Crippen LogP contribution is -2.07. The van der Waals surface area contributed by atoms with E-state index in [2.05, 4.69) is 13.0 Å². The molecule has 1 aromatic carbocycles. The van der Waals surface area contributed by atoms with Crippen LogP contribution in [0.25, 0.3) is 0 Å². The van der Waals surface area contributed by atoms with Gasteiger partial charge in [0.25, 0.3) is 0 Å². The second kappa shape index (κ2) is 3.68. The Kier molecular flexibility index (Phi) is 2.59. The molecule has 1 aliphatic carbocycles. The quantitative estimate of drug-likeness (QED) is 0.787. The van der Waals surface area contributed by atoms with Gasteiger partial charge in [0.15, 0.2) is 0 Å². The van der Waals surface area contributed by atoms with Crippen molar-refractivity contribution < 1.29 is 4.74 Å². The fourth-order valence-corrected chi connectivity index (χ4v) is 2.55. The first-order valence-corrected chi connectivity index (χ1v) is 5.65. The summed E-state index contributed by atoms with van der Waals surface area (Å²) in [5.74, 6) is 0.948. The molecule has 0 aliphatic heterocycles. The lowest BCUT2D eigenvalue weighted by atomic mass is 9.93. The van der Waals surface area contributed by atoms with E-state index in [0.717, 1.165) is 23.3 Å². The third kappa shape index (κ3) is 1.56. The normalized spacial score (nSPS) is 27.3. The molecule has 0 amide bonds. The Labute approximate surface area is 101 Å². The van der Waals surface area contributed by atoms with Crippen molar-refractivity contribution >= 4 is 11.6 Å². The molecule has 0 aromatic heterocycles. The van der Waals surface area contributed by atoms with Gasteiger partial charge in [0.05, 0.1) is 19.1 Å². The number of ether oxygens (including phenoxy) is 1. The molecule has 2 atom stereocenters. The molecule has 0 N–H and O–H groups in total. The fraction of sp³-hybridized carbons (Fsp3) is 0.462. The molecule has 0 radical (unpaired) electrons. The molecule has 0 saturated heterocycles. The van der Waals surface area contributed by atoms with Gasteiger partial charge in [-0.25, -0.2) is 0 Å². The van der Waals surface area contributed by atoms with Crippen LogP contribution in [0, 0.1) is 24.2 Å². The smallest absolute Gasteiger partial charge is 0.125 e. The van der Waals surface area contributed by atoms with E-state index >= 15 is 0 Å². The summed E-state index contributed by atoms with van der Waals surface area (Å²) >= 11 is 6.07. The van der Waals surface area contributed by atoms with Gasteiger partial charge < -0.3 is 4.74 Å². The second-order valence-electron chi connectivity index (χ2n) is 4.61. The highest BCUT2D eigenvalue weighted by molar-refractivity contribution is 6.30. The maximum absolute atomic E-state index is 8.98. The van der Waals surface area contributed by atoms with Gasteiger partial charge in [-0.3, -0.25) is 0 Å². The predicted octanol–water partition coefficient (Wildman–Crippen LogP) is 3.46. The average molecular weight is 236 g/mol. The van der Waals surface area contributed by atoms with E-state index in [-0.39, 0.29) is 11.3 Å². The maximum atomic E-state index is 8.98. The largest absolute Gasteiger partial charge is 0.496 e. The molecule has 1 saturated carbocycles. The van der Waals surface area contributed by atoms with Crippen LogP contribution in [0.3, 0.4) is 0 Å². The van der Waals surface area contributed by atoms with E-state index in [0.29, 0.717) is 5.02 Å². The summed E-state index contributed by atoms with van der Waals surface area (Å²) in [5.41, 5.74) is 2.00. The summed E-state index contributed by atoms with van der Waals surface area (Å²) < 4.78 is 5.42. The number of hydrogen-bond acceptors (Lipinski definition) is 2. The molecule has 16 heavy (non-hydrogen) atoms. The third-order valence-corrected chi connectivity index (χ3v) is 3.67. The third-order valence-electron chi connectivity index (χ3n) is 3.45. The Morgan fingerprint density at radius 3 is 2.75 bits per heavy atom. The zero-order valence-corrected chi connectivity index (χ0v) is 10.4. The zero-order valence-electron chi connectivity index (χ0n) is 9.67. The van der Waals surface area contributed by atoms with Crippen LogP contribution in [0.15, 0.2) is 12.1 Å². The fourth-order valence-electron chi connectivity index (χ4n) is 2.28. The van der Waals surface area contributed by atoms with Gasteiger partial charge in [-0.2, -0.15) is 5.26 Å². The van der Waals surface area contributed by atoms with Gasteiger partial charge in [-0.1, -0.05) is 18.5 Å². The first kappa shape index (κ1) is 11.3. The lowest BCUT2D eigenvalue weighted by molar-refractivity contribution is 0.401. The number of methoxy groups -OCH3 is 1. The molecule has 84 valence electrons. The van der Waals surface area contributed by atoms with E-state index in [1.807, 2.05) is 19.1 Å². The van der Waals surface area contributed by atoms with Crippen molar-refractivity contribution in [2.45, 2.75) is 25.7 Å². The Hall–Kier alpha value is -1.20. The first-order chi connectivity index (χ1) is 7.52. The number of aryl methyl sites for hydroxylation is 1. The molecule has 2 rings (SSSR count). The number of hydrogen-bond donors (Lipinski definition) is 0. The molecular weight excluding hydrogens is 222 g/mol. The van der Waals surface area contributed by atoms with Crippen molar-refractivity contribution in [3.63, 3.8) is 0 Å². The summed E-state index contributed by atoms with van der Waals surface area (Å²) in [4.78, 5) is 0. The minimum absolute atomic E-state index is 0.0827. The van der Waals surface area contributed by atoms with Gasteiger partial charge in [0, 0.05) is 16.0 Å². The lowest BCUT2D eigenvalue weighted by Gasteiger charge is -2.17. The highest BCUT2D eigenvalue weighted by Gasteiger charge is 2.53. The van der Waals surface area contributed by atoms with Crippen LogP contribution in [-0.4, -0.2) is 7.11 Å². The van der Waals surface area contributed by atoms with E-state index in [1.165, 1.54) is 0 Å². The highest BCUT2D eigenvalue weighted by atomic mass is 35.5. The van der Waals surface area contributed by atoms with Crippen LogP contribution in [0.1, 0.15) is 24.5 Å². The van der Waals surface area contributed by atoms with Crippen LogP contribution >= 0.6 is 11.6 Å². The molecule has 1 aliphatic rings. The predicted molar refractivity (Wildman–Crippen MR) is 63.8 cm³/mol. The van der Waals surface area contributed by atoms with Gasteiger partial charge in [-0.15, -0.1) is 0 Å². The van der Waals surface area contributed by atoms with Crippen LogP contribution in [0.4, 0.5) is 0 Å². The second-order valence-corrected chi connectivity index (χ2v) is 5.04. The van der Waals surface area contributed by atoms with Crippen LogP contribution in [-0.2, 0) is 5.41 Å². The molecule has 2 unspecified atom stereocenters. The minimum Gasteiger partial charge on any atom is -0.496 e. The van der Waals surface area contributed by atoms with E-state index in [1.54, 1.807) is 7.11 Å². The summed E-state index contributed by atoms with van der Waals surface area (Å²) in [6.07, 6.45) is 0.889. The van der Waals surface area contributed by atoms with Gasteiger partial charge in [-0.05, 0) is 31.0 Å². The zero-order chi connectivity index (χ0) is 11.9. The minimum atomic E-state index is -0.0875. The molecule has 3 heteroatoms. The van der Waals surface area contributed by atoms with Crippen LogP contribution < -0.4 is 4.74 Å². The number of nitriles is 1. The molecule has 2 nitrogen and oxygen atoms in total. The van der Waals surface area contributed by atoms with Crippen molar-refractivity contribution in [1.29, 1.82) is 5.26 Å². The summed E-state index contributed by atoms with van der Waals surface area (Å²) in [5, 5.41) is 9.69. The van der Waals surface area contributed by atoms with E-state index in [4.69, 9.17) is 21.6 Å². The number of rotatable bonds is 2. The molecule has 1 fully saturated rings. The SMILES string of the molecule is COc1c(C)cc(Cl)cc1C1(C)CC1C#N. The van der Waals surface area contributed by atoms with Crippen molar-refractivity contribution in [1.82, 2.24) is 0 Å². The Morgan fingerprint density at radius 1 is 1.56 bits per heavy atom. The highest BCUT2D eigenvalue weighted by Crippen LogP contribution is 2.56. The Balaban J connectivity index is 2.53. The summed E-state index contributed by atoms with van der Waals surface area (Å²) in [6.45, 7) is 4.07. The molecule has 0 heterocycles. The van der Waals surface area contributed by atoms with Crippen molar-refractivity contribution in [2.24, 2.45) is 5.92 Å². The molecular formula is C13H14ClNO. The monoisotopic (exact) mass is 235 g/mol. The number of halogens is 1. The van der Waals surface area contributed by atoms with Crippen molar-refractivity contribution in [3.05, 3.63) is 28.3 Å². The van der Waals surface area contributed by atoms with Crippen LogP contribution in [0.2, 0.25) is 5.02 Å². The molecule has 1 aromatic rings. The van der Waals surface area contributed by atoms with Gasteiger partial charge in [0.1, 0.15) is 5.75 Å². The van der Waals surface area contributed by atoms with E-state index < -0.39 is 0 Å². The average Bonchev–Trinajstić information content (AvgIpc) is 2.90. The Morgan fingerprint density at radius 2 is 2.25 bits per heavy atom. The standard InChI is InChI=1S/C13H14ClNO/c1-8-4-10(14)5-11(12(8)16-3)13(2)6-9(13)7-15/h4-5,9H,6H2,1-3H3. The number of nitrogens with zero attached hydrogens (tertiary/aromatic N) is 1. The summed E-state index contributed by atoms with van der Waals surface area (Å²) in [7, 11) is 1.66. The maximum Gasteiger partial charge on any atom is 0.125 e. The van der Waals surface area contributed by atoms with Crippen LogP contribution in [0.5, 0.6) is 5.75 Å². The van der Waals surface area contributed by atoms with Crippen molar-refractivity contribution in [2.75, 3.05) is 7.11 Å². The Bertz CT molecular complexity index is 478. The van der Waals surface area contributed by atoms with Gasteiger partial charge in [0.2, 0.25) is 0 Å². The van der Waals surface area contributed by atoms with Gasteiger partial charge >= 0.3 is 0 Å². The number of benzene rings is 1. The topological polar surface area (TPSA) is 33.0 Å². The molecule has 0 bridgehead atoms. The van der Waals surface area contributed by atoms with E-state index in [9.17, 15) is 0 Å². The van der Waals surface area contributed by atoms with Crippen molar-refractivity contribution in [3.8, 4) is 11.8 Å².